The van der Waals surface area contributed by atoms with Gasteiger partial charge in [-0.15, -0.1) is 11.3 Å². The van der Waals surface area contributed by atoms with Gasteiger partial charge in [-0.05, 0) is 81.6 Å². The lowest BCUT2D eigenvalue weighted by Crippen LogP contribution is -2.58. The van der Waals surface area contributed by atoms with Crippen molar-refractivity contribution in [2.75, 3.05) is 11.9 Å². The number of ketones is 1. The number of Topliss-reactive ketones (excluding diaryl/α,β-unsaturated/α-hetero) is 1. The number of nitrogens with one attached hydrogen (secondary N) is 1. The summed E-state index contributed by atoms with van der Waals surface area (Å²) in [7, 11) is 0. The summed E-state index contributed by atoms with van der Waals surface area (Å²) in [6, 6.07) is 0. The van der Waals surface area contributed by atoms with Gasteiger partial charge in [0.05, 0.1) is 22.5 Å². The third-order valence-electron chi connectivity index (χ3n) is 7.28. The molecule has 158 valence electrons. The Bertz CT molecular complexity index is 883. The number of amides is 1. The fourth-order valence-electron chi connectivity index (χ4n) is 7.32. The van der Waals surface area contributed by atoms with Crippen LogP contribution in [0.3, 0.4) is 0 Å². The number of carbonyl (C=O) groups excluding carboxylic acids is 3. The second kappa shape index (κ2) is 6.66. The minimum absolute atomic E-state index is 0.0148. The molecule has 4 bridgehead atoms. The summed E-state index contributed by atoms with van der Waals surface area (Å²) >= 11 is 1.20. The van der Waals surface area contributed by atoms with Crippen molar-refractivity contribution in [3.63, 3.8) is 0 Å². The van der Waals surface area contributed by atoms with E-state index in [4.69, 9.17) is 4.74 Å². The summed E-state index contributed by atoms with van der Waals surface area (Å²) in [4.78, 5) is 38.8. The number of anilines is 1. The molecule has 5 rings (SSSR count). The molecule has 29 heavy (non-hydrogen) atoms. The second-order valence-corrected chi connectivity index (χ2v) is 11.4. The van der Waals surface area contributed by atoms with Gasteiger partial charge in [-0.3, -0.25) is 9.59 Å². The number of rotatable bonds is 5. The van der Waals surface area contributed by atoms with Gasteiger partial charge >= 0.3 is 5.97 Å². The van der Waals surface area contributed by atoms with Crippen molar-refractivity contribution in [2.45, 2.75) is 73.1 Å². The van der Waals surface area contributed by atoms with Gasteiger partial charge in [0.1, 0.15) is 5.00 Å². The van der Waals surface area contributed by atoms with Crippen LogP contribution in [0.2, 0.25) is 0 Å². The van der Waals surface area contributed by atoms with Crippen molar-refractivity contribution in [3.8, 4) is 0 Å². The number of carbonyl (C=O) groups is 3. The lowest BCUT2D eigenvalue weighted by atomic mass is 9.40. The molecule has 1 N–H and O–H groups in total. The summed E-state index contributed by atoms with van der Waals surface area (Å²) < 4.78 is 5.21. The van der Waals surface area contributed by atoms with Crippen LogP contribution in [0.5, 0.6) is 0 Å². The van der Waals surface area contributed by atoms with Crippen LogP contribution < -0.4 is 5.32 Å². The quantitative estimate of drug-likeness (QED) is 0.516. The van der Waals surface area contributed by atoms with Crippen molar-refractivity contribution in [3.05, 3.63) is 16.0 Å². The standard InChI is InChI=1S/C23H31NO4S/c1-6-28-19(26)16-13(2)17(14(3)25)29-18(16)24-20(27)23-9-15-7-21(4,11-23)10-22(5,8-15)12-23/h15H,6-12H2,1-5H3,(H,24,27). The molecule has 1 aromatic rings. The number of esters is 1. The highest BCUT2D eigenvalue weighted by molar-refractivity contribution is 7.18. The Morgan fingerprint density at radius 3 is 2.24 bits per heavy atom. The molecule has 0 aromatic carbocycles. The van der Waals surface area contributed by atoms with Crippen LogP contribution in [-0.2, 0) is 9.53 Å². The largest absolute Gasteiger partial charge is 0.462 e. The van der Waals surface area contributed by atoms with E-state index in [1.807, 2.05) is 0 Å². The third-order valence-corrected chi connectivity index (χ3v) is 8.59. The summed E-state index contributed by atoms with van der Waals surface area (Å²) in [5.74, 6) is 0.0391. The molecule has 2 atom stereocenters. The van der Waals surface area contributed by atoms with Crippen molar-refractivity contribution < 1.29 is 19.1 Å². The Labute approximate surface area is 176 Å². The van der Waals surface area contributed by atoms with Crippen molar-refractivity contribution in [1.82, 2.24) is 0 Å². The second-order valence-electron chi connectivity index (χ2n) is 10.4. The zero-order valence-electron chi connectivity index (χ0n) is 18.1. The first-order chi connectivity index (χ1) is 13.5. The first kappa shape index (κ1) is 20.6. The first-order valence-electron chi connectivity index (χ1n) is 10.6. The van der Waals surface area contributed by atoms with Crippen LogP contribution in [0.4, 0.5) is 5.00 Å². The Morgan fingerprint density at radius 1 is 1.10 bits per heavy atom. The highest BCUT2D eigenvalue weighted by Crippen LogP contribution is 2.69. The number of thiophene rings is 1. The first-order valence-corrected chi connectivity index (χ1v) is 11.4. The monoisotopic (exact) mass is 417 g/mol. The van der Waals surface area contributed by atoms with Gasteiger partial charge in [-0.2, -0.15) is 0 Å². The molecule has 4 saturated carbocycles. The lowest BCUT2D eigenvalue weighted by Gasteiger charge is -2.64. The average molecular weight is 418 g/mol. The van der Waals surface area contributed by atoms with Crippen LogP contribution in [0, 0.1) is 29.1 Å². The van der Waals surface area contributed by atoms with Gasteiger partial charge in [0.15, 0.2) is 5.78 Å². The van der Waals surface area contributed by atoms with Crippen LogP contribution in [0.1, 0.15) is 91.8 Å². The fraction of sp³-hybridized carbons (Fsp3) is 0.696. The van der Waals surface area contributed by atoms with Gasteiger partial charge in [0.25, 0.3) is 0 Å². The van der Waals surface area contributed by atoms with E-state index in [0.29, 0.717) is 26.9 Å². The predicted octanol–water partition coefficient (Wildman–Crippen LogP) is 5.37. The highest BCUT2D eigenvalue weighted by Gasteiger charge is 2.62. The highest BCUT2D eigenvalue weighted by atomic mass is 32.1. The summed E-state index contributed by atoms with van der Waals surface area (Å²) in [6.45, 7) is 9.91. The molecule has 5 nitrogen and oxygen atoms in total. The van der Waals surface area contributed by atoms with E-state index in [2.05, 4.69) is 19.2 Å². The minimum Gasteiger partial charge on any atom is -0.462 e. The Kier molecular flexibility index (Phi) is 4.72. The topological polar surface area (TPSA) is 72.5 Å². The third kappa shape index (κ3) is 3.33. The van der Waals surface area contributed by atoms with Crippen molar-refractivity contribution in [2.24, 2.45) is 22.2 Å². The fourth-order valence-corrected chi connectivity index (χ4v) is 8.41. The van der Waals surface area contributed by atoms with E-state index in [-0.39, 0.29) is 34.5 Å². The van der Waals surface area contributed by atoms with Crippen LogP contribution in [0.15, 0.2) is 0 Å². The number of hydrogen-bond donors (Lipinski definition) is 1. The molecule has 2 unspecified atom stereocenters. The van der Waals surface area contributed by atoms with Crippen molar-refractivity contribution in [1.29, 1.82) is 0 Å². The Hall–Kier alpha value is -1.69. The van der Waals surface area contributed by atoms with Crippen LogP contribution >= 0.6 is 11.3 Å². The van der Waals surface area contributed by atoms with E-state index in [1.54, 1.807) is 13.8 Å². The molecule has 6 heteroatoms. The molecule has 1 heterocycles. The van der Waals surface area contributed by atoms with Gasteiger partial charge in [-0.25, -0.2) is 4.79 Å². The lowest BCUT2D eigenvalue weighted by molar-refractivity contribution is -0.165. The van der Waals surface area contributed by atoms with E-state index in [9.17, 15) is 14.4 Å². The molecule has 0 radical (unpaired) electrons. The molecule has 0 saturated heterocycles. The molecule has 4 aliphatic carbocycles. The Morgan fingerprint density at radius 2 is 1.72 bits per heavy atom. The molecule has 4 fully saturated rings. The maximum Gasteiger partial charge on any atom is 0.341 e. The van der Waals surface area contributed by atoms with E-state index in [1.165, 1.54) is 37.5 Å². The maximum atomic E-state index is 13.6. The normalized spacial score (nSPS) is 34.9. The molecule has 0 spiro atoms. The maximum absolute atomic E-state index is 13.6. The summed E-state index contributed by atoms with van der Waals surface area (Å²) in [5.41, 5.74) is 1.01. The summed E-state index contributed by atoms with van der Waals surface area (Å²) in [5, 5.41) is 3.54. The molecule has 4 aliphatic rings. The zero-order valence-corrected chi connectivity index (χ0v) is 18.9. The number of hydrogen-bond acceptors (Lipinski definition) is 5. The van der Waals surface area contributed by atoms with E-state index < -0.39 is 5.97 Å². The molecule has 1 aromatic heterocycles. The van der Waals surface area contributed by atoms with Gasteiger partial charge < -0.3 is 10.1 Å². The Balaban J connectivity index is 1.68. The van der Waals surface area contributed by atoms with E-state index in [0.717, 1.165) is 19.3 Å². The minimum atomic E-state index is -0.478. The SMILES string of the molecule is CCOC(=O)c1c(NC(=O)C23CC4CC(C)(CC(C)(C4)C2)C3)sc(C(C)=O)c1C. The van der Waals surface area contributed by atoms with E-state index >= 15 is 0 Å². The predicted molar refractivity (Wildman–Crippen MR) is 113 cm³/mol. The van der Waals surface area contributed by atoms with Crippen molar-refractivity contribution >= 4 is 34.0 Å². The zero-order chi connectivity index (χ0) is 21.2. The van der Waals surface area contributed by atoms with Gasteiger partial charge in [0.2, 0.25) is 5.91 Å². The smallest absolute Gasteiger partial charge is 0.341 e. The molecular weight excluding hydrogens is 386 g/mol. The molecule has 1 amide bonds. The molecule has 0 aliphatic heterocycles. The molecular formula is C23H31NO4S. The number of ether oxygens (including phenoxy) is 1. The van der Waals surface area contributed by atoms with Crippen LogP contribution in [0.25, 0.3) is 0 Å². The summed E-state index contributed by atoms with van der Waals surface area (Å²) in [6.07, 6.45) is 6.40. The van der Waals surface area contributed by atoms with Crippen LogP contribution in [-0.4, -0.2) is 24.3 Å². The van der Waals surface area contributed by atoms with Gasteiger partial charge in [0, 0.05) is 0 Å². The van der Waals surface area contributed by atoms with Gasteiger partial charge in [-0.1, -0.05) is 13.8 Å². The average Bonchev–Trinajstić information content (AvgIpc) is 2.88.